The number of hydrogen-bond acceptors (Lipinski definition) is 6. The van der Waals surface area contributed by atoms with Crippen LogP contribution in [-0.2, 0) is 28.6 Å². The van der Waals surface area contributed by atoms with E-state index in [9.17, 15) is 14.4 Å². The van der Waals surface area contributed by atoms with Crippen molar-refractivity contribution < 1.29 is 28.6 Å². The molecule has 6 nitrogen and oxygen atoms in total. The second kappa shape index (κ2) is 46.5. The molecular formula is C52H88O6. The number of unbranched alkanes of at least 4 members (excludes halogenated alkanes) is 19. The maximum atomic E-state index is 12.7. The van der Waals surface area contributed by atoms with Gasteiger partial charge in [0.05, 0.1) is 0 Å². The van der Waals surface area contributed by atoms with Crippen molar-refractivity contribution in [2.24, 2.45) is 0 Å². The zero-order chi connectivity index (χ0) is 42.3. The fourth-order valence-corrected chi connectivity index (χ4v) is 6.37. The van der Waals surface area contributed by atoms with Crippen molar-refractivity contribution in [1.82, 2.24) is 0 Å². The molecule has 0 bridgehead atoms. The van der Waals surface area contributed by atoms with Crippen molar-refractivity contribution in [3.8, 4) is 0 Å². The van der Waals surface area contributed by atoms with Crippen LogP contribution in [0.1, 0.15) is 220 Å². The molecule has 58 heavy (non-hydrogen) atoms. The van der Waals surface area contributed by atoms with E-state index < -0.39 is 6.10 Å². The van der Waals surface area contributed by atoms with Crippen molar-refractivity contribution in [3.63, 3.8) is 0 Å². The normalized spacial score (nSPS) is 12.7. The molecule has 0 aliphatic carbocycles. The van der Waals surface area contributed by atoms with E-state index in [2.05, 4.69) is 81.5 Å². The summed E-state index contributed by atoms with van der Waals surface area (Å²) in [5.41, 5.74) is 0. The number of ether oxygens (including phenoxy) is 3. The average Bonchev–Trinajstić information content (AvgIpc) is 3.22. The van der Waals surface area contributed by atoms with Crippen molar-refractivity contribution in [1.29, 1.82) is 0 Å². The molecule has 0 saturated heterocycles. The van der Waals surface area contributed by atoms with Gasteiger partial charge < -0.3 is 14.2 Å². The first-order valence-corrected chi connectivity index (χ1v) is 23.9. The standard InChI is InChI=1S/C52H88O6/c1-4-7-10-13-16-19-22-25-26-27-28-31-33-36-39-42-45-51(54)57-48-49(58-52(55)46-43-40-37-34-30-24-21-18-15-12-9-6-3)47-56-50(53)44-41-38-35-32-29-23-20-17-14-11-8-5-2/h7,10,16,18-19,21,25-26,28,31,36,39,49H,4-6,8-9,11-15,17,20,22-24,27,29-30,32-35,37-38,40-48H2,1-3H3/b10-7-,19-16-,21-18-,26-25-,31-28-,39-36-. The molecule has 0 radical (unpaired) electrons. The molecule has 0 spiro atoms. The lowest BCUT2D eigenvalue weighted by atomic mass is 10.0. The fraction of sp³-hybridized carbons (Fsp3) is 0.712. The van der Waals surface area contributed by atoms with E-state index in [-0.39, 0.29) is 37.5 Å². The Morgan fingerprint density at radius 1 is 0.362 bits per heavy atom. The second-order valence-electron chi connectivity index (χ2n) is 15.6. The Kier molecular flexibility index (Phi) is 44.0. The molecular weight excluding hydrogens is 721 g/mol. The van der Waals surface area contributed by atoms with Crippen LogP contribution in [0.25, 0.3) is 0 Å². The lowest BCUT2D eigenvalue weighted by Gasteiger charge is -2.18. The van der Waals surface area contributed by atoms with Crippen LogP contribution in [0.2, 0.25) is 0 Å². The lowest BCUT2D eigenvalue weighted by molar-refractivity contribution is -0.166. The van der Waals surface area contributed by atoms with E-state index in [0.29, 0.717) is 19.3 Å². The number of carbonyl (C=O) groups is 3. The van der Waals surface area contributed by atoms with Gasteiger partial charge in [-0.05, 0) is 77.0 Å². The Hall–Kier alpha value is -3.15. The molecule has 0 aromatic heterocycles. The quantitative estimate of drug-likeness (QED) is 0.0264. The van der Waals surface area contributed by atoms with Crippen molar-refractivity contribution in [2.75, 3.05) is 13.2 Å². The Bertz CT molecular complexity index is 1110. The maximum absolute atomic E-state index is 12.7. The first-order chi connectivity index (χ1) is 28.5. The summed E-state index contributed by atoms with van der Waals surface area (Å²) in [6, 6.07) is 0. The van der Waals surface area contributed by atoms with Crippen molar-refractivity contribution in [3.05, 3.63) is 72.9 Å². The van der Waals surface area contributed by atoms with E-state index in [1.54, 1.807) is 0 Å². The average molecular weight is 809 g/mol. The first-order valence-electron chi connectivity index (χ1n) is 23.9. The summed E-state index contributed by atoms with van der Waals surface area (Å²) < 4.78 is 16.7. The molecule has 0 aromatic rings. The summed E-state index contributed by atoms with van der Waals surface area (Å²) in [6.07, 6.45) is 57.5. The molecule has 0 saturated carbocycles. The Labute approximate surface area is 357 Å². The lowest BCUT2D eigenvalue weighted by Crippen LogP contribution is -2.30. The van der Waals surface area contributed by atoms with Gasteiger partial charge in [-0.15, -0.1) is 0 Å². The van der Waals surface area contributed by atoms with Gasteiger partial charge in [-0.1, -0.05) is 196 Å². The van der Waals surface area contributed by atoms with Gasteiger partial charge in [-0.3, -0.25) is 14.4 Å². The Morgan fingerprint density at radius 2 is 0.707 bits per heavy atom. The Morgan fingerprint density at radius 3 is 1.19 bits per heavy atom. The Balaban J connectivity index is 4.50. The fourth-order valence-electron chi connectivity index (χ4n) is 6.37. The van der Waals surface area contributed by atoms with Crippen LogP contribution in [0.15, 0.2) is 72.9 Å². The monoisotopic (exact) mass is 809 g/mol. The van der Waals surface area contributed by atoms with Crippen LogP contribution in [0.3, 0.4) is 0 Å². The van der Waals surface area contributed by atoms with E-state index in [1.807, 2.05) is 12.2 Å². The minimum absolute atomic E-state index is 0.100. The van der Waals surface area contributed by atoms with Gasteiger partial charge in [-0.25, -0.2) is 0 Å². The van der Waals surface area contributed by atoms with E-state index in [0.717, 1.165) is 83.5 Å². The molecule has 0 fully saturated rings. The molecule has 6 heteroatoms. The number of rotatable bonds is 42. The smallest absolute Gasteiger partial charge is 0.306 e. The summed E-state index contributed by atoms with van der Waals surface area (Å²) in [7, 11) is 0. The molecule has 1 atom stereocenters. The molecule has 0 amide bonds. The van der Waals surface area contributed by atoms with E-state index in [4.69, 9.17) is 14.2 Å². The molecule has 1 unspecified atom stereocenters. The highest BCUT2D eigenvalue weighted by molar-refractivity contribution is 5.71. The van der Waals surface area contributed by atoms with Gasteiger partial charge in [0.1, 0.15) is 13.2 Å². The van der Waals surface area contributed by atoms with E-state index >= 15 is 0 Å². The number of allylic oxidation sites excluding steroid dienone is 12. The third-order valence-electron chi connectivity index (χ3n) is 9.96. The van der Waals surface area contributed by atoms with Crippen LogP contribution >= 0.6 is 0 Å². The summed E-state index contributed by atoms with van der Waals surface area (Å²) in [5.74, 6) is -0.999. The molecule has 0 aromatic carbocycles. The van der Waals surface area contributed by atoms with E-state index in [1.165, 1.54) is 89.9 Å². The number of carbonyl (C=O) groups excluding carboxylic acids is 3. The predicted molar refractivity (Wildman–Crippen MR) is 247 cm³/mol. The third kappa shape index (κ3) is 44.0. The minimum Gasteiger partial charge on any atom is -0.462 e. The van der Waals surface area contributed by atoms with Gasteiger partial charge >= 0.3 is 17.9 Å². The third-order valence-corrected chi connectivity index (χ3v) is 9.96. The topological polar surface area (TPSA) is 78.9 Å². The van der Waals surface area contributed by atoms with Crippen molar-refractivity contribution >= 4 is 17.9 Å². The molecule has 0 heterocycles. The van der Waals surface area contributed by atoms with Crippen LogP contribution in [0.4, 0.5) is 0 Å². The zero-order valence-electron chi connectivity index (χ0n) is 37.8. The van der Waals surface area contributed by atoms with Gasteiger partial charge in [0, 0.05) is 19.3 Å². The van der Waals surface area contributed by atoms with Gasteiger partial charge in [0.15, 0.2) is 6.10 Å². The zero-order valence-corrected chi connectivity index (χ0v) is 37.8. The summed E-state index contributed by atoms with van der Waals surface area (Å²) >= 11 is 0. The first kappa shape index (κ1) is 54.9. The summed E-state index contributed by atoms with van der Waals surface area (Å²) in [4.78, 5) is 37.8. The van der Waals surface area contributed by atoms with Crippen LogP contribution in [0.5, 0.6) is 0 Å². The predicted octanol–water partition coefficient (Wildman–Crippen LogP) is 15.5. The minimum atomic E-state index is -0.805. The van der Waals surface area contributed by atoms with Gasteiger partial charge in [0.2, 0.25) is 0 Å². The second-order valence-corrected chi connectivity index (χ2v) is 15.6. The largest absolute Gasteiger partial charge is 0.462 e. The number of hydrogen-bond donors (Lipinski definition) is 0. The maximum Gasteiger partial charge on any atom is 0.306 e. The summed E-state index contributed by atoms with van der Waals surface area (Å²) in [6.45, 7) is 6.41. The van der Waals surface area contributed by atoms with Crippen molar-refractivity contribution in [2.45, 2.75) is 226 Å². The van der Waals surface area contributed by atoms with Gasteiger partial charge in [0.25, 0.3) is 0 Å². The number of esters is 3. The van der Waals surface area contributed by atoms with Crippen LogP contribution in [-0.4, -0.2) is 37.2 Å². The van der Waals surface area contributed by atoms with Gasteiger partial charge in [-0.2, -0.15) is 0 Å². The molecule has 332 valence electrons. The molecule has 0 aliphatic rings. The molecule has 0 rings (SSSR count). The molecule has 0 aliphatic heterocycles. The SMILES string of the molecule is CC/C=C\C/C=C\C/C=C\C/C=C\C/C=C\CCC(=O)OCC(COC(=O)CCCCCCCCCCCCCC)OC(=O)CCCCCCC/C=C\CCCCC. The highest BCUT2D eigenvalue weighted by atomic mass is 16.6. The van der Waals surface area contributed by atoms with Crippen LogP contribution in [0, 0.1) is 0 Å². The summed E-state index contributed by atoms with van der Waals surface area (Å²) in [5, 5.41) is 0. The highest BCUT2D eigenvalue weighted by Gasteiger charge is 2.19. The van der Waals surface area contributed by atoms with Crippen LogP contribution < -0.4 is 0 Å². The molecule has 0 N–H and O–H groups in total. The highest BCUT2D eigenvalue weighted by Crippen LogP contribution is 2.14.